The van der Waals surface area contributed by atoms with Gasteiger partial charge in [0, 0.05) is 46.0 Å². The normalized spacial score (nSPS) is 17.4. The Hall–Kier alpha value is -1.07. The third kappa shape index (κ3) is 2.52. The lowest BCUT2D eigenvalue weighted by Crippen LogP contribution is -2.36. The van der Waals surface area contributed by atoms with Gasteiger partial charge in [0.2, 0.25) is 0 Å². The predicted molar refractivity (Wildman–Crippen MR) is 72.6 cm³/mol. The first kappa shape index (κ1) is 13.4. The molecule has 2 heterocycles. The summed E-state index contributed by atoms with van der Waals surface area (Å²) < 4.78 is 7.21. The van der Waals surface area contributed by atoms with Crippen LogP contribution < -0.4 is 10.6 Å². The lowest BCUT2D eigenvalue weighted by atomic mass is 9.97. The number of methoxy groups -OCH3 is 1. The SMILES string of the molecule is COCC1CCN(c2c(CN)c(C)nn2C)CC1. The van der Waals surface area contributed by atoms with Crippen LogP contribution in [0.2, 0.25) is 0 Å². The quantitative estimate of drug-likeness (QED) is 0.870. The van der Waals surface area contributed by atoms with E-state index >= 15 is 0 Å². The Bertz CT molecular complexity index is 394. The van der Waals surface area contributed by atoms with Gasteiger partial charge in [-0.2, -0.15) is 5.10 Å². The van der Waals surface area contributed by atoms with Crippen molar-refractivity contribution < 1.29 is 4.74 Å². The summed E-state index contributed by atoms with van der Waals surface area (Å²) in [7, 11) is 3.78. The minimum Gasteiger partial charge on any atom is -0.384 e. The molecule has 0 spiro atoms. The van der Waals surface area contributed by atoms with Crippen LogP contribution in [-0.4, -0.2) is 36.6 Å². The predicted octanol–water partition coefficient (Wildman–Crippen LogP) is 1.05. The Balaban J connectivity index is 2.09. The van der Waals surface area contributed by atoms with Gasteiger partial charge in [-0.15, -0.1) is 0 Å². The van der Waals surface area contributed by atoms with Gasteiger partial charge in [0.1, 0.15) is 5.82 Å². The zero-order chi connectivity index (χ0) is 13.1. The van der Waals surface area contributed by atoms with Crippen molar-refractivity contribution in [2.75, 3.05) is 31.7 Å². The molecular formula is C13H24N4O. The van der Waals surface area contributed by atoms with Gasteiger partial charge in [0.25, 0.3) is 0 Å². The van der Waals surface area contributed by atoms with Gasteiger partial charge in [0.15, 0.2) is 0 Å². The van der Waals surface area contributed by atoms with Crippen LogP contribution in [0.15, 0.2) is 0 Å². The molecule has 0 radical (unpaired) electrons. The molecule has 0 unspecified atom stereocenters. The lowest BCUT2D eigenvalue weighted by Gasteiger charge is -2.33. The van der Waals surface area contributed by atoms with Crippen molar-refractivity contribution in [2.45, 2.75) is 26.3 Å². The van der Waals surface area contributed by atoms with Crippen LogP contribution in [-0.2, 0) is 18.3 Å². The zero-order valence-corrected chi connectivity index (χ0v) is 11.6. The Labute approximate surface area is 109 Å². The fourth-order valence-electron chi connectivity index (χ4n) is 2.87. The highest BCUT2D eigenvalue weighted by Gasteiger charge is 2.24. The van der Waals surface area contributed by atoms with Crippen LogP contribution in [0.5, 0.6) is 0 Å². The smallest absolute Gasteiger partial charge is 0.131 e. The molecule has 2 N–H and O–H groups in total. The first-order chi connectivity index (χ1) is 8.67. The average Bonchev–Trinajstić information content (AvgIpc) is 2.65. The third-order valence-corrected chi connectivity index (χ3v) is 3.83. The molecule has 0 atom stereocenters. The molecule has 0 amide bonds. The zero-order valence-electron chi connectivity index (χ0n) is 11.6. The number of anilines is 1. The maximum absolute atomic E-state index is 5.85. The Morgan fingerprint density at radius 3 is 2.61 bits per heavy atom. The second-order valence-corrected chi connectivity index (χ2v) is 5.10. The number of hydrogen-bond acceptors (Lipinski definition) is 4. The highest BCUT2D eigenvalue weighted by Crippen LogP contribution is 2.27. The van der Waals surface area contributed by atoms with Crippen molar-refractivity contribution in [1.29, 1.82) is 0 Å². The molecule has 0 aliphatic carbocycles. The van der Waals surface area contributed by atoms with E-state index in [-0.39, 0.29) is 0 Å². The van der Waals surface area contributed by atoms with E-state index in [0.717, 1.165) is 25.4 Å². The fourth-order valence-corrected chi connectivity index (χ4v) is 2.87. The van der Waals surface area contributed by atoms with Crippen LogP contribution in [0.25, 0.3) is 0 Å². The Kier molecular flexibility index (Phi) is 4.24. The highest BCUT2D eigenvalue weighted by molar-refractivity contribution is 5.50. The number of nitrogens with zero attached hydrogens (tertiary/aromatic N) is 3. The van der Waals surface area contributed by atoms with E-state index in [9.17, 15) is 0 Å². The second-order valence-electron chi connectivity index (χ2n) is 5.10. The molecule has 0 saturated carbocycles. The molecule has 1 aromatic rings. The summed E-state index contributed by atoms with van der Waals surface area (Å²) >= 11 is 0. The summed E-state index contributed by atoms with van der Waals surface area (Å²) in [5.41, 5.74) is 8.08. The van der Waals surface area contributed by atoms with Crippen LogP contribution in [0.3, 0.4) is 0 Å². The van der Waals surface area contributed by atoms with Crippen molar-refractivity contribution in [2.24, 2.45) is 18.7 Å². The molecule has 0 aromatic carbocycles. The Morgan fingerprint density at radius 1 is 1.39 bits per heavy atom. The molecule has 1 aliphatic rings. The minimum absolute atomic E-state index is 0.563. The molecule has 1 aromatic heterocycles. The molecule has 5 nitrogen and oxygen atoms in total. The molecule has 1 fully saturated rings. The van der Waals surface area contributed by atoms with E-state index in [1.165, 1.54) is 24.2 Å². The number of ether oxygens (including phenoxy) is 1. The molecule has 1 saturated heterocycles. The van der Waals surface area contributed by atoms with Gasteiger partial charge in [-0.3, -0.25) is 4.68 Å². The summed E-state index contributed by atoms with van der Waals surface area (Å²) in [6.07, 6.45) is 2.37. The van der Waals surface area contributed by atoms with E-state index in [2.05, 4.69) is 10.00 Å². The summed E-state index contributed by atoms with van der Waals surface area (Å²) in [6, 6.07) is 0. The maximum Gasteiger partial charge on any atom is 0.131 e. The molecule has 2 rings (SSSR count). The van der Waals surface area contributed by atoms with Gasteiger partial charge >= 0.3 is 0 Å². The lowest BCUT2D eigenvalue weighted by molar-refractivity contribution is 0.139. The van der Waals surface area contributed by atoms with Crippen molar-refractivity contribution in [3.8, 4) is 0 Å². The standard InChI is InChI=1S/C13H24N4O/c1-10-12(8-14)13(16(2)15-10)17-6-4-11(5-7-17)9-18-3/h11H,4-9,14H2,1-3H3. The number of hydrogen-bond donors (Lipinski definition) is 1. The van der Waals surface area contributed by atoms with Crippen molar-refractivity contribution in [1.82, 2.24) is 9.78 Å². The fraction of sp³-hybridized carbons (Fsp3) is 0.769. The minimum atomic E-state index is 0.563. The molecule has 102 valence electrons. The third-order valence-electron chi connectivity index (χ3n) is 3.83. The molecule has 0 bridgehead atoms. The van der Waals surface area contributed by atoms with Crippen molar-refractivity contribution in [3.63, 3.8) is 0 Å². The number of aromatic nitrogens is 2. The number of rotatable bonds is 4. The second kappa shape index (κ2) is 5.71. The summed E-state index contributed by atoms with van der Waals surface area (Å²) in [6.45, 7) is 5.61. The van der Waals surface area contributed by atoms with Crippen LogP contribution >= 0.6 is 0 Å². The Morgan fingerprint density at radius 2 is 2.06 bits per heavy atom. The van der Waals surface area contributed by atoms with Gasteiger partial charge < -0.3 is 15.4 Å². The van der Waals surface area contributed by atoms with Gasteiger partial charge in [-0.25, -0.2) is 0 Å². The maximum atomic E-state index is 5.85. The van der Waals surface area contributed by atoms with E-state index in [1.807, 2.05) is 18.7 Å². The van der Waals surface area contributed by atoms with Crippen molar-refractivity contribution >= 4 is 5.82 Å². The van der Waals surface area contributed by atoms with Crippen LogP contribution in [0.4, 0.5) is 5.82 Å². The number of nitrogens with two attached hydrogens (primary N) is 1. The van der Waals surface area contributed by atoms with Gasteiger partial charge in [-0.1, -0.05) is 0 Å². The van der Waals surface area contributed by atoms with Gasteiger partial charge in [-0.05, 0) is 25.7 Å². The largest absolute Gasteiger partial charge is 0.384 e. The topological polar surface area (TPSA) is 56.3 Å². The molecule has 1 aliphatic heterocycles. The number of aryl methyl sites for hydroxylation is 2. The first-order valence-electron chi connectivity index (χ1n) is 6.63. The van der Waals surface area contributed by atoms with Crippen LogP contribution in [0.1, 0.15) is 24.1 Å². The number of piperidine rings is 1. The first-order valence-corrected chi connectivity index (χ1v) is 6.63. The highest BCUT2D eigenvalue weighted by atomic mass is 16.5. The van der Waals surface area contributed by atoms with E-state index in [0.29, 0.717) is 12.5 Å². The molecular weight excluding hydrogens is 228 g/mol. The summed E-state index contributed by atoms with van der Waals surface area (Å²) in [5, 5.41) is 4.48. The summed E-state index contributed by atoms with van der Waals surface area (Å²) in [4.78, 5) is 2.41. The van der Waals surface area contributed by atoms with E-state index < -0.39 is 0 Å². The van der Waals surface area contributed by atoms with E-state index in [4.69, 9.17) is 10.5 Å². The monoisotopic (exact) mass is 252 g/mol. The van der Waals surface area contributed by atoms with Crippen molar-refractivity contribution in [3.05, 3.63) is 11.3 Å². The van der Waals surface area contributed by atoms with E-state index in [1.54, 1.807) is 7.11 Å². The molecule has 5 heteroatoms. The summed E-state index contributed by atoms with van der Waals surface area (Å²) in [5.74, 6) is 1.90. The molecule has 18 heavy (non-hydrogen) atoms. The average molecular weight is 252 g/mol. The van der Waals surface area contributed by atoms with Gasteiger partial charge in [0.05, 0.1) is 5.69 Å². The van der Waals surface area contributed by atoms with Crippen LogP contribution in [0, 0.1) is 12.8 Å².